The zero-order valence-electron chi connectivity index (χ0n) is 9.03. The van der Waals surface area contributed by atoms with Gasteiger partial charge in [0.05, 0.1) is 4.90 Å². The number of sulfonamides is 1. The second-order valence-electron chi connectivity index (χ2n) is 4.18. The Kier molecular flexibility index (Phi) is 3.37. The standard InChI is InChI=1S/C11H14BrNO2S/c1-8-5-6-11(10(12)7-8)16(14,15)13-9-3-2-4-9/h5-7,9,13H,2-4H2,1H3. The molecule has 1 aliphatic carbocycles. The molecule has 1 aliphatic rings. The minimum atomic E-state index is -3.36. The largest absolute Gasteiger partial charge is 0.241 e. The van der Waals surface area contributed by atoms with Gasteiger partial charge in [-0.25, -0.2) is 13.1 Å². The van der Waals surface area contributed by atoms with Crippen LogP contribution in [0.3, 0.4) is 0 Å². The van der Waals surface area contributed by atoms with Crippen LogP contribution in [0.5, 0.6) is 0 Å². The third-order valence-corrected chi connectivity index (χ3v) is 5.30. The van der Waals surface area contributed by atoms with Crippen LogP contribution in [0.2, 0.25) is 0 Å². The first kappa shape index (κ1) is 12.1. The summed E-state index contributed by atoms with van der Waals surface area (Å²) < 4.78 is 27.4. The first-order valence-electron chi connectivity index (χ1n) is 5.27. The molecular formula is C11H14BrNO2S. The summed E-state index contributed by atoms with van der Waals surface area (Å²) in [6.07, 6.45) is 3.01. The number of nitrogens with one attached hydrogen (secondary N) is 1. The lowest BCUT2D eigenvalue weighted by Crippen LogP contribution is -2.39. The normalized spacial score (nSPS) is 17.1. The van der Waals surface area contributed by atoms with Crippen LogP contribution in [-0.2, 0) is 10.0 Å². The van der Waals surface area contributed by atoms with Crippen molar-refractivity contribution >= 4 is 26.0 Å². The van der Waals surface area contributed by atoms with Gasteiger partial charge in [-0.05, 0) is 53.4 Å². The Labute approximate surface area is 104 Å². The molecule has 1 N–H and O–H groups in total. The van der Waals surface area contributed by atoms with Crippen molar-refractivity contribution in [3.05, 3.63) is 28.2 Å². The molecule has 0 atom stereocenters. The number of hydrogen-bond acceptors (Lipinski definition) is 2. The molecule has 0 heterocycles. The van der Waals surface area contributed by atoms with Gasteiger partial charge in [0.15, 0.2) is 0 Å². The van der Waals surface area contributed by atoms with Gasteiger partial charge < -0.3 is 0 Å². The molecule has 16 heavy (non-hydrogen) atoms. The van der Waals surface area contributed by atoms with Crippen molar-refractivity contribution in [2.24, 2.45) is 0 Å². The fourth-order valence-corrected chi connectivity index (χ4v) is 4.13. The molecule has 2 rings (SSSR count). The molecule has 0 radical (unpaired) electrons. The van der Waals surface area contributed by atoms with Gasteiger partial charge in [0.2, 0.25) is 10.0 Å². The van der Waals surface area contributed by atoms with E-state index < -0.39 is 10.0 Å². The minimum Gasteiger partial charge on any atom is -0.208 e. The van der Waals surface area contributed by atoms with Gasteiger partial charge in [0.1, 0.15) is 0 Å². The van der Waals surface area contributed by atoms with Crippen LogP contribution in [-0.4, -0.2) is 14.5 Å². The van der Waals surface area contributed by atoms with Gasteiger partial charge >= 0.3 is 0 Å². The Bertz CT molecular complexity index is 495. The monoisotopic (exact) mass is 303 g/mol. The van der Waals surface area contributed by atoms with Crippen LogP contribution in [0.1, 0.15) is 24.8 Å². The summed E-state index contributed by atoms with van der Waals surface area (Å²) in [5.74, 6) is 0. The Morgan fingerprint density at radius 1 is 1.38 bits per heavy atom. The van der Waals surface area contributed by atoms with Crippen molar-refractivity contribution in [1.82, 2.24) is 4.72 Å². The van der Waals surface area contributed by atoms with Crippen LogP contribution in [0, 0.1) is 6.92 Å². The highest BCUT2D eigenvalue weighted by Crippen LogP contribution is 2.26. The SMILES string of the molecule is Cc1ccc(S(=O)(=O)NC2CCC2)c(Br)c1. The van der Waals surface area contributed by atoms with E-state index in [4.69, 9.17) is 0 Å². The average Bonchev–Trinajstić information content (AvgIpc) is 2.11. The van der Waals surface area contributed by atoms with E-state index in [0.717, 1.165) is 24.8 Å². The van der Waals surface area contributed by atoms with E-state index in [-0.39, 0.29) is 6.04 Å². The lowest BCUT2D eigenvalue weighted by molar-refractivity contribution is 0.383. The van der Waals surface area contributed by atoms with E-state index in [1.54, 1.807) is 12.1 Å². The summed E-state index contributed by atoms with van der Waals surface area (Å²) >= 11 is 3.29. The predicted octanol–water partition coefficient (Wildman–Crippen LogP) is 2.59. The Hall–Kier alpha value is -0.390. The number of hydrogen-bond donors (Lipinski definition) is 1. The second kappa shape index (κ2) is 4.47. The van der Waals surface area contributed by atoms with Gasteiger partial charge in [0, 0.05) is 10.5 Å². The van der Waals surface area contributed by atoms with Crippen LogP contribution >= 0.6 is 15.9 Å². The van der Waals surface area contributed by atoms with Crippen LogP contribution in [0.15, 0.2) is 27.6 Å². The van der Waals surface area contributed by atoms with Crippen molar-refractivity contribution in [2.45, 2.75) is 37.1 Å². The van der Waals surface area contributed by atoms with Crippen molar-refractivity contribution in [3.8, 4) is 0 Å². The van der Waals surface area contributed by atoms with Gasteiger partial charge in [0.25, 0.3) is 0 Å². The van der Waals surface area contributed by atoms with E-state index in [0.29, 0.717) is 9.37 Å². The molecule has 1 saturated carbocycles. The summed E-state index contributed by atoms with van der Waals surface area (Å²) in [4.78, 5) is 0.324. The molecule has 0 aliphatic heterocycles. The molecule has 3 nitrogen and oxygen atoms in total. The molecule has 1 aromatic rings. The highest BCUT2D eigenvalue weighted by atomic mass is 79.9. The Morgan fingerprint density at radius 3 is 2.56 bits per heavy atom. The summed E-state index contributed by atoms with van der Waals surface area (Å²) in [7, 11) is -3.36. The first-order chi connectivity index (χ1) is 7.49. The van der Waals surface area contributed by atoms with Gasteiger partial charge in [-0.1, -0.05) is 12.5 Å². The van der Waals surface area contributed by atoms with Crippen molar-refractivity contribution in [1.29, 1.82) is 0 Å². The molecule has 0 bridgehead atoms. The molecule has 1 aromatic carbocycles. The van der Waals surface area contributed by atoms with Crippen LogP contribution in [0.25, 0.3) is 0 Å². The highest BCUT2D eigenvalue weighted by Gasteiger charge is 2.25. The minimum absolute atomic E-state index is 0.123. The number of rotatable bonds is 3. The van der Waals surface area contributed by atoms with Crippen LogP contribution < -0.4 is 4.72 Å². The molecule has 0 amide bonds. The molecule has 0 spiro atoms. The lowest BCUT2D eigenvalue weighted by Gasteiger charge is -2.26. The third-order valence-electron chi connectivity index (χ3n) is 2.80. The summed E-state index contributed by atoms with van der Waals surface area (Å²) in [6.45, 7) is 1.93. The maximum absolute atomic E-state index is 12.0. The number of halogens is 1. The molecule has 1 fully saturated rings. The molecule has 0 aromatic heterocycles. The number of aryl methyl sites for hydroxylation is 1. The first-order valence-corrected chi connectivity index (χ1v) is 7.55. The van der Waals surface area contributed by atoms with Crippen molar-refractivity contribution < 1.29 is 8.42 Å². The fraction of sp³-hybridized carbons (Fsp3) is 0.455. The molecular weight excluding hydrogens is 290 g/mol. The Morgan fingerprint density at radius 2 is 2.06 bits per heavy atom. The van der Waals surface area contributed by atoms with Gasteiger partial charge in [-0.3, -0.25) is 0 Å². The van der Waals surface area contributed by atoms with Crippen molar-refractivity contribution in [2.75, 3.05) is 0 Å². The zero-order valence-corrected chi connectivity index (χ0v) is 11.4. The van der Waals surface area contributed by atoms with Gasteiger partial charge in [-0.2, -0.15) is 0 Å². The summed E-state index contributed by atoms with van der Waals surface area (Å²) in [5.41, 5.74) is 1.04. The zero-order chi connectivity index (χ0) is 11.8. The van der Waals surface area contributed by atoms with E-state index in [2.05, 4.69) is 20.7 Å². The van der Waals surface area contributed by atoms with Crippen molar-refractivity contribution in [3.63, 3.8) is 0 Å². The van der Waals surface area contributed by atoms with E-state index in [1.807, 2.05) is 13.0 Å². The lowest BCUT2D eigenvalue weighted by atomic mass is 9.94. The van der Waals surface area contributed by atoms with Crippen LogP contribution in [0.4, 0.5) is 0 Å². The smallest absolute Gasteiger partial charge is 0.208 e. The quantitative estimate of drug-likeness (QED) is 0.933. The molecule has 88 valence electrons. The molecule has 0 saturated heterocycles. The highest BCUT2D eigenvalue weighted by molar-refractivity contribution is 9.10. The van der Waals surface area contributed by atoms with E-state index >= 15 is 0 Å². The fourth-order valence-electron chi connectivity index (χ4n) is 1.63. The topological polar surface area (TPSA) is 46.2 Å². The van der Waals surface area contributed by atoms with Gasteiger partial charge in [-0.15, -0.1) is 0 Å². The maximum Gasteiger partial charge on any atom is 0.241 e. The van der Waals surface area contributed by atoms with E-state index in [1.165, 1.54) is 0 Å². The second-order valence-corrected chi connectivity index (χ2v) is 6.72. The molecule has 0 unspecified atom stereocenters. The number of benzene rings is 1. The summed E-state index contributed by atoms with van der Waals surface area (Å²) in [5, 5.41) is 0. The maximum atomic E-state index is 12.0. The average molecular weight is 304 g/mol. The van der Waals surface area contributed by atoms with E-state index in [9.17, 15) is 8.42 Å². The predicted molar refractivity (Wildman–Crippen MR) is 66.8 cm³/mol. The molecule has 5 heteroatoms. The third kappa shape index (κ3) is 2.47. The Balaban J connectivity index is 2.27. The summed E-state index contributed by atoms with van der Waals surface area (Å²) in [6, 6.07) is 5.38.